The largest absolute Gasteiger partial charge is 0.261 e. The van der Waals surface area contributed by atoms with Crippen LogP contribution in [0, 0.1) is 0 Å². The highest BCUT2D eigenvalue weighted by Crippen LogP contribution is 2.19. The predicted molar refractivity (Wildman–Crippen MR) is 107 cm³/mol. The van der Waals surface area contributed by atoms with Gasteiger partial charge in [0.15, 0.2) is 11.5 Å². The van der Waals surface area contributed by atoms with E-state index >= 15 is 0 Å². The van der Waals surface area contributed by atoms with E-state index in [1.54, 1.807) is 18.6 Å². The lowest BCUT2D eigenvalue weighted by Gasteiger charge is -2.04. The first-order valence-electron chi connectivity index (χ1n) is 8.28. The molecule has 3 N–H and O–H groups in total. The van der Waals surface area contributed by atoms with Gasteiger partial charge in [0.2, 0.25) is 5.95 Å². The number of anilines is 2. The second-order valence-corrected chi connectivity index (χ2v) is 5.59. The molecule has 0 aliphatic carbocycles. The highest BCUT2D eigenvalue weighted by atomic mass is 15.4. The number of nitrogens with zero attached hydrogens (tertiary/aromatic N) is 5. The number of aromatic amines is 1. The highest BCUT2D eigenvalue weighted by molar-refractivity contribution is 5.88. The van der Waals surface area contributed by atoms with Crippen LogP contribution in [0.3, 0.4) is 0 Å². The second kappa shape index (κ2) is 7.87. The molecule has 0 atom stereocenters. The predicted octanol–water partition coefficient (Wildman–Crippen LogP) is 3.24. The van der Waals surface area contributed by atoms with Gasteiger partial charge in [-0.25, -0.2) is 5.43 Å². The third kappa shape index (κ3) is 4.13. The first kappa shape index (κ1) is 16.4. The minimum Gasteiger partial charge on any atom is -0.261 e. The molecule has 0 fully saturated rings. The van der Waals surface area contributed by atoms with Crippen molar-refractivity contribution >= 4 is 35.2 Å². The number of fused-ring (bicyclic) bond motifs is 1. The number of aromatic nitrogens is 4. The Morgan fingerprint density at radius 1 is 0.778 bits per heavy atom. The van der Waals surface area contributed by atoms with Crippen LogP contribution in [0.4, 0.5) is 11.8 Å². The molecule has 0 aliphatic rings. The Bertz CT molecular complexity index is 1070. The van der Waals surface area contributed by atoms with Crippen molar-refractivity contribution in [3.63, 3.8) is 0 Å². The van der Waals surface area contributed by atoms with Crippen molar-refractivity contribution in [2.45, 2.75) is 0 Å². The van der Waals surface area contributed by atoms with Crippen molar-refractivity contribution in [3.8, 4) is 0 Å². The van der Waals surface area contributed by atoms with Gasteiger partial charge in [-0.3, -0.25) is 10.5 Å². The fourth-order valence-corrected chi connectivity index (χ4v) is 2.38. The van der Waals surface area contributed by atoms with Crippen LogP contribution in [-0.2, 0) is 0 Å². The van der Waals surface area contributed by atoms with Crippen LogP contribution < -0.4 is 10.9 Å². The summed E-state index contributed by atoms with van der Waals surface area (Å²) >= 11 is 0. The minimum absolute atomic E-state index is 0.330. The van der Waals surface area contributed by atoms with Crippen LogP contribution in [0.15, 0.2) is 77.1 Å². The summed E-state index contributed by atoms with van der Waals surface area (Å²) in [5.74, 6) is 0.856. The van der Waals surface area contributed by atoms with E-state index in [9.17, 15) is 0 Å². The lowest BCUT2D eigenvalue weighted by Crippen LogP contribution is -2.01. The molecule has 0 spiro atoms. The summed E-state index contributed by atoms with van der Waals surface area (Å²) in [5.41, 5.74) is 8.30. The average molecular weight is 356 g/mol. The average Bonchev–Trinajstić information content (AvgIpc) is 3.18. The molecule has 4 rings (SSSR count). The first-order valence-corrected chi connectivity index (χ1v) is 8.28. The van der Waals surface area contributed by atoms with Gasteiger partial charge < -0.3 is 0 Å². The van der Waals surface area contributed by atoms with Crippen LogP contribution >= 0.6 is 0 Å². The third-order valence-corrected chi connectivity index (χ3v) is 3.67. The smallest absolute Gasteiger partial charge is 0.247 e. The normalized spacial score (nSPS) is 11.4. The van der Waals surface area contributed by atoms with Gasteiger partial charge in [0.1, 0.15) is 0 Å². The molecule has 2 aromatic heterocycles. The number of hydrogen-bond acceptors (Lipinski definition) is 7. The Balaban J connectivity index is 1.52. The quantitative estimate of drug-likeness (QED) is 0.363. The summed E-state index contributed by atoms with van der Waals surface area (Å²) in [6.45, 7) is 0. The molecule has 2 heterocycles. The SMILES string of the molecule is C(=N\Nc1nc(N/N=C/c2ccccc2)c2cn[nH]c2n1)/c1ccccc1. The van der Waals surface area contributed by atoms with Gasteiger partial charge in [0.05, 0.1) is 24.0 Å². The van der Waals surface area contributed by atoms with Crippen molar-refractivity contribution in [1.29, 1.82) is 0 Å². The molecule has 132 valence electrons. The maximum Gasteiger partial charge on any atom is 0.247 e. The van der Waals surface area contributed by atoms with Crippen molar-refractivity contribution in [2.24, 2.45) is 10.2 Å². The van der Waals surface area contributed by atoms with Gasteiger partial charge in [-0.05, 0) is 11.1 Å². The minimum atomic E-state index is 0.330. The molecule has 0 amide bonds. The summed E-state index contributed by atoms with van der Waals surface area (Å²) in [6.07, 6.45) is 5.06. The monoisotopic (exact) mass is 356 g/mol. The third-order valence-electron chi connectivity index (χ3n) is 3.67. The molecule has 2 aromatic carbocycles. The van der Waals surface area contributed by atoms with Gasteiger partial charge in [-0.2, -0.15) is 25.3 Å². The van der Waals surface area contributed by atoms with Gasteiger partial charge >= 0.3 is 0 Å². The van der Waals surface area contributed by atoms with E-state index in [4.69, 9.17) is 0 Å². The number of hydrogen-bond donors (Lipinski definition) is 3. The van der Waals surface area contributed by atoms with E-state index in [0.717, 1.165) is 16.5 Å². The summed E-state index contributed by atoms with van der Waals surface area (Å²) in [4.78, 5) is 8.76. The standard InChI is InChI=1S/C19H16N8/c1-3-7-14(8-4-1)11-20-25-17-16-13-22-26-18(16)24-19(23-17)27-21-12-15-9-5-2-6-10-15/h1-13H,(H3,22,23,24,25,26,27)/b20-11+,21-12+. The maximum absolute atomic E-state index is 4.41. The van der Waals surface area contributed by atoms with Crippen LogP contribution in [0.5, 0.6) is 0 Å². The Morgan fingerprint density at radius 2 is 1.41 bits per heavy atom. The molecule has 0 aliphatic heterocycles. The zero-order valence-corrected chi connectivity index (χ0v) is 14.2. The van der Waals surface area contributed by atoms with E-state index in [2.05, 4.69) is 41.2 Å². The fourth-order valence-electron chi connectivity index (χ4n) is 2.38. The fraction of sp³-hybridized carbons (Fsp3) is 0. The van der Waals surface area contributed by atoms with Crippen LogP contribution in [-0.4, -0.2) is 32.6 Å². The number of benzene rings is 2. The summed E-state index contributed by atoms with van der Waals surface area (Å²) in [5, 5.41) is 16.0. The highest BCUT2D eigenvalue weighted by Gasteiger charge is 2.08. The van der Waals surface area contributed by atoms with E-state index in [1.165, 1.54) is 0 Å². The van der Waals surface area contributed by atoms with E-state index in [-0.39, 0.29) is 0 Å². The van der Waals surface area contributed by atoms with Crippen molar-refractivity contribution < 1.29 is 0 Å². The van der Waals surface area contributed by atoms with Crippen LogP contribution in [0.25, 0.3) is 11.0 Å². The molecular formula is C19H16N8. The molecule has 0 bridgehead atoms. The van der Waals surface area contributed by atoms with Gasteiger partial charge in [0, 0.05) is 0 Å². The van der Waals surface area contributed by atoms with E-state index < -0.39 is 0 Å². The zero-order chi connectivity index (χ0) is 18.3. The number of nitrogens with one attached hydrogen (secondary N) is 3. The Morgan fingerprint density at radius 3 is 2.07 bits per heavy atom. The van der Waals surface area contributed by atoms with Crippen molar-refractivity contribution in [3.05, 3.63) is 78.0 Å². The molecule has 0 saturated carbocycles. The topological polar surface area (TPSA) is 103 Å². The van der Waals surface area contributed by atoms with Crippen LogP contribution in [0.2, 0.25) is 0 Å². The van der Waals surface area contributed by atoms with Gasteiger partial charge in [-0.1, -0.05) is 60.7 Å². The zero-order valence-electron chi connectivity index (χ0n) is 14.2. The molecule has 27 heavy (non-hydrogen) atoms. The number of rotatable bonds is 6. The maximum atomic E-state index is 4.41. The van der Waals surface area contributed by atoms with Gasteiger partial charge in [-0.15, -0.1) is 0 Å². The van der Waals surface area contributed by atoms with Gasteiger partial charge in [0.25, 0.3) is 0 Å². The van der Waals surface area contributed by atoms with Crippen LogP contribution in [0.1, 0.15) is 11.1 Å². The Kier molecular flexibility index (Phi) is 4.78. The van der Waals surface area contributed by atoms with E-state index in [0.29, 0.717) is 17.4 Å². The summed E-state index contributed by atoms with van der Waals surface area (Å²) in [6, 6.07) is 19.5. The molecular weight excluding hydrogens is 340 g/mol. The first-order chi connectivity index (χ1) is 13.4. The Labute approximate surface area is 155 Å². The molecule has 4 aromatic rings. The summed E-state index contributed by atoms with van der Waals surface area (Å²) < 4.78 is 0. The molecule has 0 radical (unpaired) electrons. The molecule has 0 unspecified atom stereocenters. The van der Waals surface area contributed by atoms with Crippen molar-refractivity contribution in [2.75, 3.05) is 10.9 Å². The van der Waals surface area contributed by atoms with E-state index in [1.807, 2.05) is 60.7 Å². The number of H-pyrrole nitrogens is 1. The second-order valence-electron chi connectivity index (χ2n) is 5.59. The Hall–Kier alpha value is -4.07. The molecule has 8 heteroatoms. The number of hydrazone groups is 2. The lowest BCUT2D eigenvalue weighted by atomic mass is 10.2. The summed E-state index contributed by atoms with van der Waals surface area (Å²) in [7, 11) is 0. The molecule has 8 nitrogen and oxygen atoms in total. The molecule has 0 saturated heterocycles. The lowest BCUT2D eigenvalue weighted by molar-refractivity contribution is 1.08. The van der Waals surface area contributed by atoms with Crippen molar-refractivity contribution in [1.82, 2.24) is 20.2 Å².